The van der Waals surface area contributed by atoms with Gasteiger partial charge in [-0.15, -0.1) is 5.06 Å². The largest absolute Gasteiger partial charge is 0.748 e. The van der Waals surface area contributed by atoms with Crippen LogP contribution in [0.2, 0.25) is 0 Å². The highest BCUT2D eigenvalue weighted by Crippen LogP contribution is 2.49. The molecule has 2 aromatic carbocycles. The molecule has 2 amide bonds. The van der Waals surface area contributed by atoms with Crippen LogP contribution in [-0.4, -0.2) is 74.7 Å². The fourth-order valence-corrected chi connectivity index (χ4v) is 8.52. The number of imide groups is 1. The number of carbonyl (C=O) groups excluding carboxylic acids is 3. The lowest BCUT2D eigenvalue weighted by Crippen LogP contribution is -2.32. The van der Waals surface area contributed by atoms with Gasteiger partial charge >= 0.3 is 13.6 Å². The van der Waals surface area contributed by atoms with Gasteiger partial charge in [-0.1, -0.05) is 56.7 Å². The number of anilines is 1. The second-order valence-electron chi connectivity index (χ2n) is 14.8. The van der Waals surface area contributed by atoms with Crippen LogP contribution in [0.25, 0.3) is 0 Å². The van der Waals surface area contributed by atoms with E-state index in [9.17, 15) is 41.7 Å². The van der Waals surface area contributed by atoms with Gasteiger partial charge in [-0.05, 0) is 62.9 Å². The van der Waals surface area contributed by atoms with Gasteiger partial charge in [0.05, 0.1) is 20.8 Å². The average molecular weight is 782 g/mol. The van der Waals surface area contributed by atoms with Crippen molar-refractivity contribution in [1.82, 2.24) is 5.06 Å². The molecular formula is C39H48N3O10PS. The van der Waals surface area contributed by atoms with Crippen molar-refractivity contribution in [2.24, 2.45) is 0 Å². The lowest BCUT2D eigenvalue weighted by Gasteiger charge is -2.27. The summed E-state index contributed by atoms with van der Waals surface area (Å²) in [5.41, 5.74) is 4.83. The van der Waals surface area contributed by atoms with E-state index in [1.165, 1.54) is 6.07 Å². The van der Waals surface area contributed by atoms with Crippen LogP contribution in [0, 0.1) is 0 Å². The van der Waals surface area contributed by atoms with Gasteiger partial charge in [0.1, 0.15) is 6.54 Å². The summed E-state index contributed by atoms with van der Waals surface area (Å²) in [6.45, 7) is 9.41. The van der Waals surface area contributed by atoms with Crippen molar-refractivity contribution in [2.45, 2.75) is 89.9 Å². The van der Waals surface area contributed by atoms with E-state index in [1.807, 2.05) is 62.4 Å². The normalized spacial score (nSPS) is 18.8. The number of allylic oxidation sites excluding steroid dienone is 6. The third kappa shape index (κ3) is 9.18. The Bertz CT molecular complexity index is 2080. The van der Waals surface area contributed by atoms with Crippen molar-refractivity contribution >= 4 is 57.9 Å². The Morgan fingerprint density at radius 3 is 2.31 bits per heavy atom. The highest BCUT2D eigenvalue weighted by molar-refractivity contribution is 7.85. The van der Waals surface area contributed by atoms with Crippen molar-refractivity contribution in [2.75, 3.05) is 23.7 Å². The molecule has 0 radical (unpaired) electrons. The number of amides is 2. The van der Waals surface area contributed by atoms with Crippen LogP contribution in [0.1, 0.15) is 90.2 Å². The third-order valence-electron chi connectivity index (χ3n) is 10.2. The summed E-state index contributed by atoms with van der Waals surface area (Å²) in [4.78, 5) is 62.8. The molecule has 0 aromatic heterocycles. The summed E-state index contributed by atoms with van der Waals surface area (Å²) in [6, 6.07) is 12.8. The first kappa shape index (κ1) is 41.0. The molecule has 2 N–H and O–H groups in total. The molecule has 290 valence electrons. The van der Waals surface area contributed by atoms with Crippen LogP contribution >= 0.6 is 7.60 Å². The quantitative estimate of drug-likeness (QED) is 0.0573. The highest BCUT2D eigenvalue weighted by Gasteiger charge is 2.44. The summed E-state index contributed by atoms with van der Waals surface area (Å²) < 4.78 is 47.9. The molecule has 3 aliphatic heterocycles. The van der Waals surface area contributed by atoms with Gasteiger partial charge in [0, 0.05) is 72.5 Å². The number of para-hydroxylation sites is 1. The molecule has 0 atom stereocenters. The zero-order valence-corrected chi connectivity index (χ0v) is 32.8. The first-order chi connectivity index (χ1) is 25.3. The summed E-state index contributed by atoms with van der Waals surface area (Å²) in [5.74, 6) is -2.08. The van der Waals surface area contributed by atoms with Gasteiger partial charge in [-0.25, -0.2) is 13.2 Å². The third-order valence-corrected chi connectivity index (χ3v) is 12.0. The second-order valence-corrected chi connectivity index (χ2v) is 17.9. The second kappa shape index (κ2) is 16.3. The molecule has 3 heterocycles. The molecule has 15 heteroatoms. The number of nitrogens with zero attached hydrogens (tertiary/aromatic N) is 3. The fraction of sp³-hybridized carbons (Fsp3) is 0.436. The lowest BCUT2D eigenvalue weighted by molar-refractivity contribution is -0.438. The van der Waals surface area contributed by atoms with Gasteiger partial charge in [-0.3, -0.25) is 14.2 Å². The molecule has 2 aromatic rings. The maximum absolute atomic E-state index is 12.3. The van der Waals surface area contributed by atoms with E-state index in [1.54, 1.807) is 12.1 Å². The van der Waals surface area contributed by atoms with E-state index < -0.39 is 46.7 Å². The molecule has 0 aliphatic carbocycles. The average Bonchev–Trinajstić information content (AvgIpc) is 3.60. The predicted molar refractivity (Wildman–Crippen MR) is 204 cm³/mol. The summed E-state index contributed by atoms with van der Waals surface area (Å²) in [6.07, 6.45) is 12.5. The maximum Gasteiger partial charge on any atom is 0.356 e. The molecule has 3 aliphatic rings. The van der Waals surface area contributed by atoms with Crippen LogP contribution in [0.4, 0.5) is 11.4 Å². The van der Waals surface area contributed by atoms with Crippen LogP contribution in [0.15, 0.2) is 78.5 Å². The molecule has 54 heavy (non-hydrogen) atoms. The Morgan fingerprint density at radius 2 is 1.63 bits per heavy atom. The van der Waals surface area contributed by atoms with Crippen LogP contribution < -0.4 is 10.2 Å². The Morgan fingerprint density at radius 1 is 0.926 bits per heavy atom. The Balaban J connectivity index is 1.33. The van der Waals surface area contributed by atoms with Gasteiger partial charge in [0.15, 0.2) is 5.71 Å². The molecule has 0 unspecified atom stereocenters. The number of hydrogen-bond donors (Lipinski definition) is 2. The smallest absolute Gasteiger partial charge is 0.356 e. The Labute approximate surface area is 316 Å². The number of benzene rings is 2. The fourth-order valence-electron chi connectivity index (χ4n) is 7.40. The minimum absolute atomic E-state index is 0.0320. The van der Waals surface area contributed by atoms with Crippen LogP contribution in [0.5, 0.6) is 0 Å². The Kier molecular flexibility index (Phi) is 12.3. The number of rotatable bonds is 16. The predicted octanol–water partition coefficient (Wildman–Crippen LogP) is 5.15. The van der Waals surface area contributed by atoms with E-state index >= 15 is 0 Å². The summed E-state index contributed by atoms with van der Waals surface area (Å²) in [7, 11) is -8.78. The number of hydrogen-bond acceptors (Lipinski definition) is 9. The molecule has 5 rings (SSSR count). The van der Waals surface area contributed by atoms with Crippen molar-refractivity contribution in [3.05, 3.63) is 89.7 Å². The lowest BCUT2D eigenvalue weighted by atomic mass is 9.81. The van der Waals surface area contributed by atoms with E-state index in [4.69, 9.17) is 4.84 Å². The minimum atomic E-state index is -4.50. The summed E-state index contributed by atoms with van der Waals surface area (Å²) >= 11 is 0. The van der Waals surface area contributed by atoms with Crippen LogP contribution in [0.3, 0.4) is 0 Å². The topological polar surface area (TPSA) is 185 Å². The summed E-state index contributed by atoms with van der Waals surface area (Å²) in [5, 5.41) is 0.494. The van der Waals surface area contributed by atoms with Gasteiger partial charge < -0.3 is 24.1 Å². The number of carbonyl (C=O) groups is 3. The molecule has 0 bridgehead atoms. The Hall–Kier alpha value is -4.20. The molecule has 0 saturated carbocycles. The van der Waals surface area contributed by atoms with Crippen molar-refractivity contribution in [3.63, 3.8) is 0 Å². The van der Waals surface area contributed by atoms with Crippen LogP contribution in [-0.2, 0) is 44.7 Å². The van der Waals surface area contributed by atoms with E-state index in [0.29, 0.717) is 43.8 Å². The molecule has 1 fully saturated rings. The van der Waals surface area contributed by atoms with Crippen molar-refractivity contribution in [1.29, 1.82) is 0 Å². The van der Waals surface area contributed by atoms with Gasteiger partial charge in [-0.2, -0.15) is 4.58 Å². The molecule has 13 nitrogen and oxygen atoms in total. The molecular weight excluding hydrogens is 733 g/mol. The monoisotopic (exact) mass is 781 g/mol. The first-order valence-electron chi connectivity index (χ1n) is 18.1. The van der Waals surface area contributed by atoms with E-state index in [0.717, 1.165) is 33.9 Å². The van der Waals surface area contributed by atoms with Gasteiger partial charge in [0.25, 0.3) is 11.8 Å². The molecule has 1 saturated heterocycles. The maximum atomic E-state index is 12.3. The highest BCUT2D eigenvalue weighted by atomic mass is 32.2. The zero-order valence-electron chi connectivity index (χ0n) is 31.1. The van der Waals surface area contributed by atoms with Gasteiger partial charge in [0.2, 0.25) is 5.69 Å². The standard InChI is InChI=1S/C39H48N3O10PS/c1-38(2)29-15-10-11-16-31(29)40(25-13-14-26-54(49,50)51)33(38)17-7-5-8-18-34-39(3,4)30-27-28(53(46,47)48)20-21-32(30)41(34)24-12-6-9-19-37(45)52-42-35(43)22-23-36(42)44/h5,7-8,10-11,15-18,20-21,27H,6,9,12-14,19,22-26H2,1-4H3,(H2-,46,47,48,49,50,51). The van der Waals surface area contributed by atoms with Crippen molar-refractivity contribution in [3.8, 4) is 0 Å². The number of hydroxylamine groups is 2. The zero-order chi connectivity index (χ0) is 39.5. The van der Waals surface area contributed by atoms with Crippen molar-refractivity contribution < 1.29 is 51.1 Å². The number of unbranched alkanes of at least 4 members (excludes halogenated alkanes) is 3. The number of fused-ring (bicyclic) bond motifs is 2. The van der Waals surface area contributed by atoms with E-state index in [2.05, 4.69) is 29.4 Å². The minimum Gasteiger partial charge on any atom is -0.748 e. The molecule has 0 spiro atoms. The first-order valence-corrected chi connectivity index (χ1v) is 21.3. The SMILES string of the molecule is CC1(C)C(/C=C/C=C/C=C2/N(CCCCCC(=O)ON3C(=O)CCC3=O)c3ccc(P(=O)(O)O)cc3C2(C)C)=[N+](CCCCS(=O)(=O)[O-])c2ccccc21. The van der Waals surface area contributed by atoms with E-state index in [-0.39, 0.29) is 36.4 Å².